The number of carbonyl (C=O) groups is 1. The van der Waals surface area contributed by atoms with Gasteiger partial charge < -0.3 is 4.74 Å². The first-order valence-corrected chi connectivity index (χ1v) is 8.93. The Balaban J connectivity index is 1.84. The lowest BCUT2D eigenvalue weighted by molar-refractivity contribution is 0.0984. The van der Waals surface area contributed by atoms with E-state index >= 15 is 0 Å². The van der Waals surface area contributed by atoms with Crippen LogP contribution >= 0.6 is 11.3 Å². The summed E-state index contributed by atoms with van der Waals surface area (Å²) >= 11 is 1.31. The van der Waals surface area contributed by atoms with Crippen molar-refractivity contribution < 1.29 is 17.9 Å². The summed E-state index contributed by atoms with van der Waals surface area (Å²) in [5, 5.41) is 3.89. The maximum Gasteiger partial charge on any atom is 0.275 e. The van der Waals surface area contributed by atoms with Crippen LogP contribution in [0, 0.1) is 6.92 Å². The molecule has 1 amide bonds. The Morgan fingerprint density at radius 1 is 1.50 bits per heavy atom. The summed E-state index contributed by atoms with van der Waals surface area (Å²) in [4.78, 5) is 13.7. The highest BCUT2D eigenvalue weighted by molar-refractivity contribution is 7.90. The summed E-state index contributed by atoms with van der Waals surface area (Å²) in [7, 11) is -2.28. The van der Waals surface area contributed by atoms with Gasteiger partial charge in [0, 0.05) is 18.3 Å². The molecule has 118 valence electrons. The molecule has 0 radical (unpaired) electrons. The van der Waals surface area contributed by atoms with Gasteiger partial charge in [-0.05, 0) is 18.6 Å². The molecule has 22 heavy (non-hydrogen) atoms. The van der Waals surface area contributed by atoms with Gasteiger partial charge in [-0.25, -0.2) is 13.1 Å². The molecule has 1 aliphatic rings. The lowest BCUT2D eigenvalue weighted by atomic mass is 10.2. The smallest absolute Gasteiger partial charge is 0.275 e. The number of nitrogens with zero attached hydrogens (tertiary/aromatic N) is 2. The number of nitrogens with one attached hydrogen (secondary N) is 1. The van der Waals surface area contributed by atoms with Crippen LogP contribution < -0.4 is 4.72 Å². The van der Waals surface area contributed by atoms with Gasteiger partial charge in [0.25, 0.3) is 15.9 Å². The molecule has 0 aliphatic carbocycles. The number of thiophene rings is 1. The standard InChI is InChI=1S/C13H15N3O4S2/c1-8-12(6-14-16(8)2)22(18,19)15-13(17)11-5-9-7-20-4-3-10(9)21-11/h5-6H,3-4,7H2,1-2H3,(H,15,17). The zero-order valence-electron chi connectivity index (χ0n) is 12.1. The van der Waals surface area contributed by atoms with E-state index in [2.05, 4.69) is 9.82 Å². The lowest BCUT2D eigenvalue weighted by Crippen LogP contribution is -2.30. The second kappa shape index (κ2) is 5.49. The van der Waals surface area contributed by atoms with Crippen molar-refractivity contribution >= 4 is 27.3 Å². The van der Waals surface area contributed by atoms with E-state index in [9.17, 15) is 13.2 Å². The highest BCUT2D eigenvalue weighted by Crippen LogP contribution is 2.27. The number of hydrogen-bond donors (Lipinski definition) is 1. The predicted molar refractivity (Wildman–Crippen MR) is 80.3 cm³/mol. The molecule has 0 saturated heterocycles. The quantitative estimate of drug-likeness (QED) is 0.899. The van der Waals surface area contributed by atoms with E-state index < -0.39 is 15.9 Å². The number of carbonyl (C=O) groups excluding carboxylic acids is 1. The van der Waals surface area contributed by atoms with Gasteiger partial charge in [-0.1, -0.05) is 0 Å². The van der Waals surface area contributed by atoms with Crippen molar-refractivity contribution in [2.45, 2.75) is 24.8 Å². The Morgan fingerprint density at radius 2 is 2.27 bits per heavy atom. The van der Waals surface area contributed by atoms with E-state index in [1.54, 1.807) is 20.0 Å². The van der Waals surface area contributed by atoms with Crippen molar-refractivity contribution in [3.05, 3.63) is 33.3 Å². The molecule has 0 spiro atoms. The van der Waals surface area contributed by atoms with Crippen molar-refractivity contribution in [2.75, 3.05) is 6.61 Å². The fraction of sp³-hybridized carbons (Fsp3) is 0.385. The highest BCUT2D eigenvalue weighted by atomic mass is 32.2. The number of hydrogen-bond acceptors (Lipinski definition) is 6. The molecule has 2 aromatic heterocycles. The Kier molecular flexibility index (Phi) is 3.79. The van der Waals surface area contributed by atoms with E-state index in [1.165, 1.54) is 22.2 Å². The van der Waals surface area contributed by atoms with Crippen LogP contribution in [-0.4, -0.2) is 30.7 Å². The molecule has 9 heteroatoms. The van der Waals surface area contributed by atoms with Crippen molar-refractivity contribution in [3.63, 3.8) is 0 Å². The monoisotopic (exact) mass is 341 g/mol. The molecule has 7 nitrogen and oxygen atoms in total. The van der Waals surface area contributed by atoms with Crippen molar-refractivity contribution in [3.8, 4) is 0 Å². The predicted octanol–water partition coefficient (Wildman–Crippen LogP) is 0.981. The molecule has 0 unspecified atom stereocenters. The van der Waals surface area contributed by atoms with Crippen LogP contribution in [0.2, 0.25) is 0 Å². The van der Waals surface area contributed by atoms with Crippen LogP contribution in [0.25, 0.3) is 0 Å². The van der Waals surface area contributed by atoms with Crippen molar-refractivity contribution in [1.29, 1.82) is 0 Å². The van der Waals surface area contributed by atoms with Crippen LogP contribution in [0.15, 0.2) is 17.2 Å². The number of ether oxygens (including phenoxy) is 1. The molecule has 0 fully saturated rings. The Hall–Kier alpha value is -1.71. The van der Waals surface area contributed by atoms with E-state index in [-0.39, 0.29) is 4.90 Å². The summed E-state index contributed by atoms with van der Waals surface area (Å²) in [6.07, 6.45) is 1.99. The third-order valence-electron chi connectivity index (χ3n) is 3.56. The molecule has 0 atom stereocenters. The summed E-state index contributed by atoms with van der Waals surface area (Å²) in [5.74, 6) is -0.623. The summed E-state index contributed by atoms with van der Waals surface area (Å²) in [6.45, 7) is 2.72. The van der Waals surface area contributed by atoms with Gasteiger partial charge in [-0.3, -0.25) is 9.48 Å². The van der Waals surface area contributed by atoms with Gasteiger partial charge in [0.05, 0.1) is 30.0 Å². The number of rotatable bonds is 3. The number of aromatic nitrogens is 2. The maximum absolute atomic E-state index is 12.3. The van der Waals surface area contributed by atoms with Crippen LogP contribution in [0.3, 0.4) is 0 Å². The maximum atomic E-state index is 12.3. The first-order valence-electron chi connectivity index (χ1n) is 6.63. The fourth-order valence-corrected chi connectivity index (χ4v) is 4.51. The topological polar surface area (TPSA) is 90.3 Å². The zero-order chi connectivity index (χ0) is 15.9. The summed E-state index contributed by atoms with van der Waals surface area (Å²) in [5.41, 5.74) is 1.43. The molecule has 3 heterocycles. The first-order chi connectivity index (χ1) is 10.4. The third-order valence-corrected chi connectivity index (χ3v) is 6.23. The summed E-state index contributed by atoms with van der Waals surface area (Å²) in [6, 6.07) is 1.69. The molecule has 1 N–H and O–H groups in total. The normalized spacial score (nSPS) is 14.6. The van der Waals surface area contributed by atoms with E-state index in [4.69, 9.17) is 4.74 Å². The fourth-order valence-electron chi connectivity index (χ4n) is 2.23. The molecular formula is C13H15N3O4S2. The van der Waals surface area contributed by atoms with Crippen LogP contribution in [0.4, 0.5) is 0 Å². The number of aryl methyl sites for hydroxylation is 1. The van der Waals surface area contributed by atoms with Crippen LogP contribution in [0.5, 0.6) is 0 Å². The lowest BCUT2D eigenvalue weighted by Gasteiger charge is -2.10. The van der Waals surface area contributed by atoms with Gasteiger partial charge in [0.2, 0.25) is 0 Å². The van der Waals surface area contributed by atoms with Crippen LogP contribution in [-0.2, 0) is 34.8 Å². The van der Waals surface area contributed by atoms with E-state index in [1.807, 2.05) is 0 Å². The second-order valence-electron chi connectivity index (χ2n) is 5.01. The van der Waals surface area contributed by atoms with E-state index in [0.29, 0.717) is 23.8 Å². The van der Waals surface area contributed by atoms with Gasteiger partial charge in [0.15, 0.2) is 0 Å². The minimum atomic E-state index is -3.93. The van der Waals surface area contributed by atoms with Gasteiger partial charge >= 0.3 is 0 Å². The first kappa shape index (κ1) is 15.2. The number of amides is 1. The average Bonchev–Trinajstić information content (AvgIpc) is 3.03. The van der Waals surface area contributed by atoms with Gasteiger partial charge in [-0.15, -0.1) is 11.3 Å². The van der Waals surface area contributed by atoms with Crippen molar-refractivity contribution in [1.82, 2.24) is 14.5 Å². The molecule has 0 bridgehead atoms. The Morgan fingerprint density at radius 3 is 2.91 bits per heavy atom. The average molecular weight is 341 g/mol. The second-order valence-corrected chi connectivity index (χ2v) is 7.80. The minimum absolute atomic E-state index is 0.00741. The molecular weight excluding hydrogens is 326 g/mol. The highest BCUT2D eigenvalue weighted by Gasteiger charge is 2.25. The largest absolute Gasteiger partial charge is 0.376 e. The van der Waals surface area contributed by atoms with E-state index in [0.717, 1.165) is 16.9 Å². The summed E-state index contributed by atoms with van der Waals surface area (Å²) < 4.78 is 33.4. The van der Waals surface area contributed by atoms with Crippen LogP contribution in [0.1, 0.15) is 25.8 Å². The molecule has 1 aliphatic heterocycles. The Bertz CT molecular complexity index is 812. The van der Waals surface area contributed by atoms with Gasteiger partial charge in [-0.2, -0.15) is 5.10 Å². The number of sulfonamides is 1. The molecule has 3 rings (SSSR count). The third kappa shape index (κ3) is 2.67. The van der Waals surface area contributed by atoms with Gasteiger partial charge in [0.1, 0.15) is 4.90 Å². The number of fused-ring (bicyclic) bond motifs is 1. The Labute approximate surface area is 132 Å². The molecule has 0 saturated carbocycles. The molecule has 2 aromatic rings. The minimum Gasteiger partial charge on any atom is -0.376 e. The zero-order valence-corrected chi connectivity index (χ0v) is 13.8. The molecule has 0 aromatic carbocycles. The SMILES string of the molecule is Cc1c(S(=O)(=O)NC(=O)c2cc3c(s2)CCOC3)cnn1C. The van der Waals surface area contributed by atoms with Crippen molar-refractivity contribution in [2.24, 2.45) is 7.05 Å².